The summed E-state index contributed by atoms with van der Waals surface area (Å²) < 4.78 is 25.0. The lowest BCUT2D eigenvalue weighted by Gasteiger charge is -2.15. The molecule has 0 aliphatic carbocycles. The van der Waals surface area contributed by atoms with Gasteiger partial charge in [0.05, 0.1) is 19.2 Å². The van der Waals surface area contributed by atoms with Crippen molar-refractivity contribution in [3.63, 3.8) is 0 Å². The molecule has 0 N–H and O–H groups in total. The van der Waals surface area contributed by atoms with Gasteiger partial charge in [0.25, 0.3) is 4.06 Å². The minimum atomic E-state index is 0.109. The van der Waals surface area contributed by atoms with E-state index in [1.54, 1.807) is 34.0 Å². The van der Waals surface area contributed by atoms with Crippen molar-refractivity contribution in [2.45, 2.75) is 0 Å². The van der Waals surface area contributed by atoms with Crippen LogP contribution in [0.4, 0.5) is 0 Å². The molecule has 0 saturated carbocycles. The van der Waals surface area contributed by atoms with E-state index < -0.39 is 0 Å². The summed E-state index contributed by atoms with van der Waals surface area (Å²) in [6.07, 6.45) is 8.24. The maximum Gasteiger partial charge on any atom is 0.288 e. The van der Waals surface area contributed by atoms with Gasteiger partial charge in [-0.3, -0.25) is 4.79 Å². The topological polar surface area (TPSA) is 54.0 Å². The van der Waals surface area contributed by atoms with E-state index in [-0.39, 0.29) is 4.06 Å². The van der Waals surface area contributed by atoms with Gasteiger partial charge in [0.15, 0.2) is 23.0 Å². The summed E-state index contributed by atoms with van der Waals surface area (Å²) in [6, 6.07) is 0. The summed E-state index contributed by atoms with van der Waals surface area (Å²) in [7, 11) is 0. The highest BCUT2D eigenvalue weighted by Gasteiger charge is 2.19. The standard InChI is InChI=1S/C21H14O5S5/c22-21-30-19-15(3-1-13-17-11(9-27-13)23-5-7-25-17)29-16(20(19)31-21)4-2-14-18-12(10-28-14)24-6-8-26-18/h1-4,9-10H,5-8H2/b3-1+,4-2+. The van der Waals surface area contributed by atoms with Gasteiger partial charge in [-0.25, -0.2) is 0 Å². The molecule has 0 saturated heterocycles. The van der Waals surface area contributed by atoms with Crippen molar-refractivity contribution in [1.29, 1.82) is 0 Å². The smallest absolute Gasteiger partial charge is 0.288 e. The number of hydrogen-bond donors (Lipinski definition) is 0. The van der Waals surface area contributed by atoms with Crippen molar-refractivity contribution in [2.75, 3.05) is 26.4 Å². The van der Waals surface area contributed by atoms with Gasteiger partial charge in [0.2, 0.25) is 0 Å². The molecular weight excluding hydrogens is 493 g/mol. The lowest BCUT2D eigenvalue weighted by Crippen LogP contribution is -2.14. The lowest BCUT2D eigenvalue weighted by molar-refractivity contribution is 0.173. The third kappa shape index (κ3) is 3.62. The number of hydrogen-bond acceptors (Lipinski definition) is 10. The van der Waals surface area contributed by atoms with Gasteiger partial charge in [-0.15, -0.1) is 34.0 Å². The van der Waals surface area contributed by atoms with Gasteiger partial charge in [0.1, 0.15) is 26.4 Å². The summed E-state index contributed by atoms with van der Waals surface area (Å²) in [5.74, 6) is 3.23. The van der Waals surface area contributed by atoms with Crippen LogP contribution < -0.4 is 23.0 Å². The Morgan fingerprint density at radius 2 is 1.06 bits per heavy atom. The Bertz CT molecular complexity index is 1280. The van der Waals surface area contributed by atoms with Crippen molar-refractivity contribution in [3.05, 3.63) is 39.1 Å². The quantitative estimate of drug-likeness (QED) is 0.321. The molecule has 0 aromatic carbocycles. The number of thiophene rings is 3. The molecule has 4 aromatic heterocycles. The molecule has 0 amide bonds. The molecule has 158 valence electrons. The van der Waals surface area contributed by atoms with Crippen LogP contribution in [0.2, 0.25) is 0 Å². The zero-order valence-corrected chi connectivity index (χ0v) is 20.0. The van der Waals surface area contributed by atoms with Crippen LogP contribution >= 0.6 is 56.7 Å². The minimum Gasteiger partial charge on any atom is -0.485 e. The Hall–Kier alpha value is -2.11. The molecule has 0 spiro atoms. The van der Waals surface area contributed by atoms with E-state index in [4.69, 9.17) is 18.9 Å². The molecule has 6 rings (SSSR count). The van der Waals surface area contributed by atoms with Crippen LogP contribution in [0.5, 0.6) is 23.0 Å². The van der Waals surface area contributed by atoms with Crippen LogP contribution in [0.3, 0.4) is 0 Å². The summed E-state index contributed by atoms with van der Waals surface area (Å²) in [5.41, 5.74) is 0. The lowest BCUT2D eigenvalue weighted by atomic mass is 10.3. The normalized spacial score (nSPS) is 15.5. The van der Waals surface area contributed by atoms with Gasteiger partial charge in [-0.05, 0) is 24.3 Å². The van der Waals surface area contributed by atoms with E-state index >= 15 is 0 Å². The average molecular weight is 507 g/mol. The SMILES string of the molecule is O=c1sc2c(/C=C/c3scc4c3OCCO4)sc(/C=C/c3scc4c3OCCO4)c2s1. The first kappa shape index (κ1) is 19.6. The van der Waals surface area contributed by atoms with Crippen LogP contribution in [-0.4, -0.2) is 26.4 Å². The fourth-order valence-corrected chi connectivity index (χ4v) is 8.50. The highest BCUT2D eigenvalue weighted by atomic mass is 32.2. The molecule has 2 aliphatic rings. The van der Waals surface area contributed by atoms with Crippen molar-refractivity contribution in [1.82, 2.24) is 0 Å². The first-order chi connectivity index (χ1) is 15.3. The average Bonchev–Trinajstić information content (AvgIpc) is 3.54. The highest BCUT2D eigenvalue weighted by Crippen LogP contribution is 2.44. The zero-order valence-electron chi connectivity index (χ0n) is 15.9. The number of rotatable bonds is 4. The second-order valence-corrected chi connectivity index (χ2v) is 11.7. The van der Waals surface area contributed by atoms with E-state index in [2.05, 4.69) is 12.2 Å². The Morgan fingerprint density at radius 3 is 1.58 bits per heavy atom. The van der Waals surface area contributed by atoms with Crippen LogP contribution in [-0.2, 0) is 0 Å². The third-order valence-electron chi connectivity index (χ3n) is 4.67. The summed E-state index contributed by atoms with van der Waals surface area (Å²) in [5, 5.41) is 3.95. The van der Waals surface area contributed by atoms with Crippen molar-refractivity contribution in [2.24, 2.45) is 0 Å². The number of ether oxygens (including phenoxy) is 4. The van der Waals surface area contributed by atoms with Gasteiger partial charge >= 0.3 is 0 Å². The zero-order chi connectivity index (χ0) is 20.8. The second-order valence-electron chi connectivity index (χ2n) is 6.59. The first-order valence-corrected chi connectivity index (χ1v) is 13.6. The Morgan fingerprint density at radius 1 is 0.613 bits per heavy atom. The van der Waals surface area contributed by atoms with Crippen molar-refractivity contribution < 1.29 is 18.9 Å². The molecule has 0 unspecified atom stereocenters. The van der Waals surface area contributed by atoms with E-state index in [1.165, 1.54) is 22.7 Å². The molecule has 6 heterocycles. The fraction of sp³-hybridized carbons (Fsp3) is 0.190. The molecule has 0 radical (unpaired) electrons. The number of fused-ring (bicyclic) bond motifs is 3. The second kappa shape index (κ2) is 8.10. The van der Waals surface area contributed by atoms with Crippen LogP contribution in [0.15, 0.2) is 15.6 Å². The van der Waals surface area contributed by atoms with Crippen LogP contribution in [0.1, 0.15) is 19.5 Å². The molecule has 5 nitrogen and oxygen atoms in total. The van der Waals surface area contributed by atoms with E-state index in [9.17, 15) is 4.79 Å². The van der Waals surface area contributed by atoms with Crippen molar-refractivity contribution in [3.8, 4) is 23.0 Å². The molecule has 4 aromatic rings. The Kier molecular flexibility index (Phi) is 5.11. The van der Waals surface area contributed by atoms with Crippen LogP contribution in [0, 0.1) is 0 Å². The fourth-order valence-electron chi connectivity index (χ4n) is 3.33. The predicted molar refractivity (Wildman–Crippen MR) is 132 cm³/mol. The van der Waals surface area contributed by atoms with E-state index in [1.807, 2.05) is 22.9 Å². The van der Waals surface area contributed by atoms with Crippen LogP contribution in [0.25, 0.3) is 33.7 Å². The van der Waals surface area contributed by atoms with Gasteiger partial charge in [-0.1, -0.05) is 22.7 Å². The summed E-state index contributed by atoms with van der Waals surface area (Å²) in [4.78, 5) is 16.3. The third-order valence-corrected chi connectivity index (χ3v) is 10.1. The highest BCUT2D eigenvalue weighted by molar-refractivity contribution is 7.39. The van der Waals surface area contributed by atoms with E-state index in [0.29, 0.717) is 26.4 Å². The Balaban J connectivity index is 1.34. The first-order valence-electron chi connectivity index (χ1n) is 9.43. The monoisotopic (exact) mass is 506 g/mol. The molecule has 10 heteroatoms. The predicted octanol–water partition coefficient (Wildman–Crippen LogP) is 6.39. The van der Waals surface area contributed by atoms with Crippen molar-refractivity contribution >= 4 is 90.4 Å². The van der Waals surface area contributed by atoms with Gasteiger partial charge in [0, 0.05) is 20.5 Å². The Labute approximate surface area is 197 Å². The van der Waals surface area contributed by atoms with Gasteiger partial charge in [-0.2, -0.15) is 0 Å². The molecular formula is C21H14O5S5. The summed E-state index contributed by atoms with van der Waals surface area (Å²) >= 11 is 7.49. The molecule has 31 heavy (non-hydrogen) atoms. The maximum absolute atomic E-state index is 12.1. The molecule has 0 atom stereocenters. The molecule has 0 fully saturated rings. The largest absolute Gasteiger partial charge is 0.485 e. The van der Waals surface area contributed by atoms with Gasteiger partial charge < -0.3 is 18.9 Å². The van der Waals surface area contributed by atoms with E-state index in [0.717, 1.165) is 51.9 Å². The minimum absolute atomic E-state index is 0.109. The molecule has 0 bridgehead atoms. The maximum atomic E-state index is 12.1. The summed E-state index contributed by atoms with van der Waals surface area (Å²) in [6.45, 7) is 2.30. The molecule has 2 aliphatic heterocycles.